The van der Waals surface area contributed by atoms with Crippen LogP contribution in [0.2, 0.25) is 0 Å². The highest BCUT2D eigenvalue weighted by molar-refractivity contribution is 5.79. The number of likely N-dealkylation sites (tertiary alicyclic amines) is 1. The molecule has 0 spiro atoms. The van der Waals surface area contributed by atoms with Crippen LogP contribution in [0, 0.1) is 11.8 Å². The summed E-state index contributed by atoms with van der Waals surface area (Å²) < 4.78 is 12.0. The topological polar surface area (TPSA) is 32.3 Å². The van der Waals surface area contributed by atoms with E-state index in [1.165, 1.54) is 19.3 Å². The van der Waals surface area contributed by atoms with Gasteiger partial charge in [0.1, 0.15) is 0 Å². The van der Waals surface area contributed by atoms with E-state index in [1.54, 1.807) is 0 Å². The zero-order valence-electron chi connectivity index (χ0n) is 12.6. The maximum atomic E-state index is 12.0. The van der Waals surface area contributed by atoms with Crippen molar-refractivity contribution in [1.82, 2.24) is 10.2 Å². The molecule has 2 fully saturated rings. The van der Waals surface area contributed by atoms with Crippen LogP contribution in [-0.2, 0) is 4.79 Å². The van der Waals surface area contributed by atoms with Crippen LogP contribution in [0.15, 0.2) is 0 Å². The second-order valence-corrected chi connectivity index (χ2v) is 6.41. The monoisotopic (exact) mass is 284 g/mol. The Labute approximate surface area is 122 Å². The minimum absolute atomic E-state index is 0.178. The first-order valence-electron chi connectivity index (χ1n) is 8.35. The summed E-state index contributed by atoms with van der Waals surface area (Å²) in [6, 6.07) is 0. The number of piperidine rings is 1. The number of alkyl halides is 1. The van der Waals surface area contributed by atoms with Crippen LogP contribution in [0.5, 0.6) is 0 Å². The molecule has 0 atom stereocenters. The Hall–Kier alpha value is -0.640. The molecule has 1 N–H and O–H groups in total. The molecule has 3 nitrogen and oxygen atoms in total. The minimum atomic E-state index is -0.178. The van der Waals surface area contributed by atoms with E-state index >= 15 is 0 Å². The zero-order chi connectivity index (χ0) is 14.2. The van der Waals surface area contributed by atoms with Crippen molar-refractivity contribution < 1.29 is 9.18 Å². The number of unbranched alkanes of at least 4 members (excludes halogenated alkanes) is 2. The van der Waals surface area contributed by atoms with Crippen LogP contribution in [0.25, 0.3) is 0 Å². The zero-order valence-corrected chi connectivity index (χ0v) is 12.6. The lowest BCUT2D eigenvalue weighted by Gasteiger charge is -2.32. The van der Waals surface area contributed by atoms with Gasteiger partial charge < -0.3 is 10.2 Å². The van der Waals surface area contributed by atoms with Gasteiger partial charge in [-0.05, 0) is 70.5 Å². The molecular formula is C16H29FN2O. The molecule has 1 amide bonds. The van der Waals surface area contributed by atoms with E-state index in [4.69, 9.17) is 0 Å². The summed E-state index contributed by atoms with van der Waals surface area (Å²) in [4.78, 5) is 14.3. The second-order valence-electron chi connectivity index (χ2n) is 6.41. The summed E-state index contributed by atoms with van der Waals surface area (Å²) in [6.45, 7) is 4.08. The lowest BCUT2D eigenvalue weighted by Crippen LogP contribution is -2.41. The fourth-order valence-corrected chi connectivity index (χ4v) is 3.08. The van der Waals surface area contributed by atoms with Gasteiger partial charge in [0.25, 0.3) is 0 Å². The van der Waals surface area contributed by atoms with Crippen LogP contribution in [0.4, 0.5) is 4.39 Å². The Balaban J connectivity index is 1.51. The highest BCUT2D eigenvalue weighted by Gasteiger charge is 2.26. The smallest absolute Gasteiger partial charge is 0.223 e. The third kappa shape index (κ3) is 5.04. The first-order valence-corrected chi connectivity index (χ1v) is 8.35. The van der Waals surface area contributed by atoms with Gasteiger partial charge >= 0.3 is 0 Å². The number of carbonyl (C=O) groups is 1. The Morgan fingerprint density at radius 2 is 1.85 bits per heavy atom. The van der Waals surface area contributed by atoms with Gasteiger partial charge in [0.2, 0.25) is 5.91 Å². The van der Waals surface area contributed by atoms with Crippen molar-refractivity contribution in [3.63, 3.8) is 0 Å². The van der Waals surface area contributed by atoms with Crippen molar-refractivity contribution >= 4 is 5.91 Å². The molecule has 1 saturated carbocycles. The van der Waals surface area contributed by atoms with Crippen LogP contribution in [0.1, 0.15) is 51.4 Å². The standard InChI is InChI=1S/C16H29FN2O/c17-9-2-1-3-10-19-11-7-14(8-12-19)13-18-16(20)15-5-4-6-15/h14-15H,1-13H2,(H,18,20). The molecule has 116 valence electrons. The van der Waals surface area contributed by atoms with Crippen molar-refractivity contribution in [1.29, 1.82) is 0 Å². The predicted molar refractivity (Wildman–Crippen MR) is 79.3 cm³/mol. The minimum Gasteiger partial charge on any atom is -0.356 e. The first kappa shape index (κ1) is 15.7. The summed E-state index contributed by atoms with van der Waals surface area (Å²) >= 11 is 0. The van der Waals surface area contributed by atoms with Crippen LogP contribution < -0.4 is 5.32 Å². The van der Waals surface area contributed by atoms with Crippen molar-refractivity contribution in [2.24, 2.45) is 11.8 Å². The molecular weight excluding hydrogens is 255 g/mol. The van der Waals surface area contributed by atoms with Gasteiger partial charge in [0.15, 0.2) is 0 Å². The van der Waals surface area contributed by atoms with Crippen molar-refractivity contribution in [2.45, 2.75) is 51.4 Å². The third-order valence-electron chi connectivity index (χ3n) is 4.86. The molecule has 4 heteroatoms. The summed E-state index contributed by atoms with van der Waals surface area (Å²) in [5.41, 5.74) is 0. The molecule has 0 radical (unpaired) electrons. The van der Waals surface area contributed by atoms with Gasteiger partial charge in [-0.3, -0.25) is 9.18 Å². The molecule has 2 rings (SSSR count). The molecule has 0 aromatic carbocycles. The fourth-order valence-electron chi connectivity index (χ4n) is 3.08. The van der Waals surface area contributed by atoms with E-state index in [1.807, 2.05) is 0 Å². The largest absolute Gasteiger partial charge is 0.356 e. The lowest BCUT2D eigenvalue weighted by atomic mass is 9.84. The number of hydrogen-bond donors (Lipinski definition) is 1. The number of rotatable bonds is 8. The number of halogens is 1. The number of hydrogen-bond acceptors (Lipinski definition) is 2. The third-order valence-corrected chi connectivity index (χ3v) is 4.86. The molecule has 0 bridgehead atoms. The molecule has 0 aromatic heterocycles. The van der Waals surface area contributed by atoms with Gasteiger partial charge in [-0.2, -0.15) is 0 Å². The number of nitrogens with zero attached hydrogens (tertiary/aromatic N) is 1. The lowest BCUT2D eigenvalue weighted by molar-refractivity contribution is -0.127. The average molecular weight is 284 g/mol. The quantitative estimate of drug-likeness (QED) is 0.695. The number of carbonyl (C=O) groups excluding carboxylic acids is 1. The molecule has 1 aliphatic carbocycles. The first-order chi connectivity index (χ1) is 9.79. The number of nitrogens with one attached hydrogen (secondary N) is 1. The van der Waals surface area contributed by atoms with Crippen LogP contribution in [0.3, 0.4) is 0 Å². The SMILES string of the molecule is O=C(NCC1CCN(CCCCCF)CC1)C1CCC1. The second kappa shape index (κ2) is 8.60. The van der Waals surface area contributed by atoms with Gasteiger partial charge in [0.05, 0.1) is 6.67 Å². The summed E-state index contributed by atoms with van der Waals surface area (Å²) in [6.07, 6.45) is 8.61. The van der Waals surface area contributed by atoms with E-state index in [9.17, 15) is 9.18 Å². The average Bonchev–Trinajstić information content (AvgIpc) is 2.41. The molecule has 0 aromatic rings. The Morgan fingerprint density at radius 1 is 1.10 bits per heavy atom. The molecule has 1 heterocycles. The molecule has 20 heavy (non-hydrogen) atoms. The molecule has 1 aliphatic heterocycles. The van der Waals surface area contributed by atoms with Crippen molar-refractivity contribution in [2.75, 3.05) is 32.9 Å². The van der Waals surface area contributed by atoms with E-state index in [0.29, 0.717) is 18.3 Å². The maximum Gasteiger partial charge on any atom is 0.223 e. The Morgan fingerprint density at radius 3 is 2.45 bits per heavy atom. The van der Waals surface area contributed by atoms with Gasteiger partial charge in [0, 0.05) is 12.5 Å². The molecule has 1 saturated heterocycles. The summed E-state index contributed by atoms with van der Waals surface area (Å²) in [5, 5.41) is 3.13. The summed E-state index contributed by atoms with van der Waals surface area (Å²) in [5.74, 6) is 1.25. The van der Waals surface area contributed by atoms with Crippen LogP contribution >= 0.6 is 0 Å². The highest BCUT2D eigenvalue weighted by Crippen LogP contribution is 2.26. The normalized spacial score (nSPS) is 21.6. The molecule has 0 unspecified atom stereocenters. The van der Waals surface area contributed by atoms with E-state index < -0.39 is 0 Å². The Kier molecular flexibility index (Phi) is 6.77. The number of amides is 1. The van der Waals surface area contributed by atoms with E-state index in [2.05, 4.69) is 10.2 Å². The van der Waals surface area contributed by atoms with Gasteiger partial charge in [-0.1, -0.05) is 6.42 Å². The highest BCUT2D eigenvalue weighted by atomic mass is 19.1. The molecule has 2 aliphatic rings. The van der Waals surface area contributed by atoms with Crippen LogP contribution in [-0.4, -0.2) is 43.7 Å². The van der Waals surface area contributed by atoms with E-state index in [-0.39, 0.29) is 12.6 Å². The van der Waals surface area contributed by atoms with Crippen molar-refractivity contribution in [3.05, 3.63) is 0 Å². The maximum absolute atomic E-state index is 12.0. The predicted octanol–water partition coefficient (Wildman–Crippen LogP) is 2.75. The van der Waals surface area contributed by atoms with E-state index in [0.717, 1.165) is 51.9 Å². The summed E-state index contributed by atoms with van der Waals surface area (Å²) in [7, 11) is 0. The fraction of sp³-hybridized carbons (Fsp3) is 0.938. The van der Waals surface area contributed by atoms with Crippen molar-refractivity contribution in [3.8, 4) is 0 Å². The van der Waals surface area contributed by atoms with Gasteiger partial charge in [-0.25, -0.2) is 0 Å². The Bertz CT molecular complexity index is 286. The van der Waals surface area contributed by atoms with Gasteiger partial charge in [-0.15, -0.1) is 0 Å².